The molecule has 0 bridgehead atoms. The Labute approximate surface area is 234 Å². The molecule has 1 amide bonds. The zero-order valence-corrected chi connectivity index (χ0v) is 23.4. The number of hydrogen-bond donors (Lipinski definition) is 4. The first-order valence-corrected chi connectivity index (χ1v) is 14.2. The van der Waals surface area contributed by atoms with Gasteiger partial charge in [0.15, 0.2) is 17.0 Å². The quantitative estimate of drug-likeness (QED) is 0.271. The summed E-state index contributed by atoms with van der Waals surface area (Å²) < 4.78 is 7.57. The van der Waals surface area contributed by atoms with Gasteiger partial charge in [-0.25, -0.2) is 14.6 Å². The SMILES string of the molecule is CC(C)(C)OC(=O)N[C@H]1CC[C@H](CNc2nc(Nc3ccc(C(=O)O)cc3)c3ncn(C4CCCC4)c3n2)CC1. The first-order chi connectivity index (χ1) is 19.1. The van der Waals surface area contributed by atoms with Crippen molar-refractivity contribution in [3.05, 3.63) is 36.2 Å². The number of carbonyl (C=O) groups is 2. The van der Waals surface area contributed by atoms with Crippen molar-refractivity contribution in [3.8, 4) is 0 Å². The molecule has 0 atom stereocenters. The number of alkyl carbamates (subject to hydrolysis) is 1. The third kappa shape index (κ3) is 6.81. The largest absolute Gasteiger partial charge is 0.478 e. The van der Waals surface area contributed by atoms with Gasteiger partial charge in [-0.05, 0) is 89.5 Å². The summed E-state index contributed by atoms with van der Waals surface area (Å²) in [5.74, 6) is 0.589. The van der Waals surface area contributed by atoms with Crippen molar-refractivity contribution < 1.29 is 19.4 Å². The van der Waals surface area contributed by atoms with Crippen LogP contribution in [0.25, 0.3) is 11.2 Å². The molecule has 4 N–H and O–H groups in total. The van der Waals surface area contributed by atoms with Crippen molar-refractivity contribution in [2.24, 2.45) is 5.92 Å². The number of aromatic carboxylic acids is 1. The number of nitrogens with one attached hydrogen (secondary N) is 3. The van der Waals surface area contributed by atoms with E-state index in [1.807, 2.05) is 27.1 Å². The fraction of sp³-hybridized carbons (Fsp3) is 0.552. The lowest BCUT2D eigenvalue weighted by molar-refractivity contribution is 0.0487. The number of aromatic nitrogens is 4. The number of nitrogens with zero attached hydrogens (tertiary/aromatic N) is 4. The third-order valence-corrected chi connectivity index (χ3v) is 7.65. The monoisotopic (exact) mass is 549 g/mol. The van der Waals surface area contributed by atoms with Crippen molar-refractivity contribution in [1.82, 2.24) is 24.8 Å². The van der Waals surface area contributed by atoms with Crippen molar-refractivity contribution in [2.45, 2.75) is 89.8 Å². The second-order valence-electron chi connectivity index (χ2n) is 11.9. The van der Waals surface area contributed by atoms with Crippen LogP contribution in [0.2, 0.25) is 0 Å². The maximum atomic E-state index is 12.1. The number of carbonyl (C=O) groups excluding carboxylic acids is 1. The molecule has 2 aromatic heterocycles. The van der Waals surface area contributed by atoms with E-state index in [-0.39, 0.29) is 17.7 Å². The van der Waals surface area contributed by atoms with Gasteiger partial charge in [-0.2, -0.15) is 9.97 Å². The van der Waals surface area contributed by atoms with Gasteiger partial charge >= 0.3 is 12.1 Å². The minimum atomic E-state index is -0.965. The molecule has 11 nitrogen and oxygen atoms in total. The number of fused-ring (bicyclic) bond motifs is 1. The molecule has 3 aromatic rings. The number of carboxylic acids is 1. The molecule has 2 heterocycles. The zero-order chi connectivity index (χ0) is 28.3. The Morgan fingerprint density at radius 2 is 1.73 bits per heavy atom. The lowest BCUT2D eigenvalue weighted by Gasteiger charge is -2.30. The van der Waals surface area contributed by atoms with Crippen molar-refractivity contribution in [3.63, 3.8) is 0 Å². The molecule has 1 aromatic carbocycles. The van der Waals surface area contributed by atoms with E-state index in [1.54, 1.807) is 24.3 Å². The predicted octanol–water partition coefficient (Wildman–Crippen LogP) is 5.88. The first-order valence-electron chi connectivity index (χ1n) is 14.2. The van der Waals surface area contributed by atoms with E-state index in [0.717, 1.165) is 56.4 Å². The minimum Gasteiger partial charge on any atom is -0.478 e. The van der Waals surface area contributed by atoms with Gasteiger partial charge in [0.2, 0.25) is 5.95 Å². The van der Waals surface area contributed by atoms with Crippen LogP contribution in [0.3, 0.4) is 0 Å². The molecule has 2 saturated carbocycles. The molecule has 5 rings (SSSR count). The molecule has 0 saturated heterocycles. The van der Waals surface area contributed by atoms with Gasteiger partial charge < -0.3 is 30.4 Å². The molecule has 2 aliphatic carbocycles. The van der Waals surface area contributed by atoms with Crippen LogP contribution in [-0.2, 0) is 4.74 Å². The fourth-order valence-electron chi connectivity index (χ4n) is 5.59. The average molecular weight is 550 g/mol. The molecular formula is C29H39N7O4. The Balaban J connectivity index is 1.28. The van der Waals surface area contributed by atoms with E-state index < -0.39 is 11.6 Å². The summed E-state index contributed by atoms with van der Waals surface area (Å²) in [7, 11) is 0. The predicted molar refractivity (Wildman–Crippen MR) is 153 cm³/mol. The van der Waals surface area contributed by atoms with Crippen LogP contribution in [0.5, 0.6) is 0 Å². The normalized spacial score (nSPS) is 19.9. The number of ether oxygens (including phenoxy) is 1. The summed E-state index contributed by atoms with van der Waals surface area (Å²) >= 11 is 0. The van der Waals surface area contributed by atoms with Crippen LogP contribution in [-0.4, -0.2) is 54.9 Å². The van der Waals surface area contributed by atoms with E-state index in [2.05, 4.69) is 25.5 Å². The van der Waals surface area contributed by atoms with Crippen LogP contribution in [0.4, 0.5) is 22.2 Å². The second kappa shape index (κ2) is 11.7. The minimum absolute atomic E-state index is 0.128. The fourth-order valence-corrected chi connectivity index (χ4v) is 5.59. The summed E-state index contributed by atoms with van der Waals surface area (Å²) in [4.78, 5) is 37.7. The summed E-state index contributed by atoms with van der Waals surface area (Å²) in [6.07, 6.45) is 9.89. The standard InChI is InChI=1S/C29H39N7O4/c1-29(2,3)40-28(39)33-21-12-8-18(9-13-21)16-30-27-34-24(32-20-14-10-19(11-15-20)26(37)38)23-25(35-27)36(17-31-23)22-6-4-5-7-22/h10-11,14-15,17-18,21-22H,4-9,12-13,16H2,1-3H3,(H,33,39)(H,37,38)(H2,30,32,34,35)/t18-,21-. The van der Waals surface area contributed by atoms with E-state index >= 15 is 0 Å². The molecule has 0 unspecified atom stereocenters. The number of carboxylic acid groups (broad SMARTS) is 1. The van der Waals surface area contributed by atoms with Gasteiger partial charge in [-0.3, -0.25) is 0 Å². The van der Waals surface area contributed by atoms with E-state index in [0.29, 0.717) is 29.2 Å². The number of anilines is 3. The number of rotatable bonds is 8. The molecule has 0 radical (unpaired) electrons. The molecule has 11 heteroatoms. The van der Waals surface area contributed by atoms with Gasteiger partial charge in [-0.1, -0.05) is 12.8 Å². The van der Waals surface area contributed by atoms with Crippen LogP contribution in [0.15, 0.2) is 30.6 Å². The van der Waals surface area contributed by atoms with E-state index in [9.17, 15) is 14.7 Å². The highest BCUT2D eigenvalue weighted by Crippen LogP contribution is 2.34. The topological polar surface area (TPSA) is 143 Å². The Bertz CT molecular complexity index is 1330. The highest BCUT2D eigenvalue weighted by molar-refractivity contribution is 5.89. The Morgan fingerprint density at radius 3 is 2.38 bits per heavy atom. The highest BCUT2D eigenvalue weighted by Gasteiger charge is 2.26. The number of benzene rings is 1. The number of imidazole rings is 1. The van der Waals surface area contributed by atoms with Crippen molar-refractivity contribution >= 4 is 40.7 Å². The van der Waals surface area contributed by atoms with Crippen molar-refractivity contribution in [1.29, 1.82) is 0 Å². The molecule has 2 fully saturated rings. The van der Waals surface area contributed by atoms with Gasteiger partial charge in [0.1, 0.15) is 5.60 Å². The average Bonchev–Trinajstić information content (AvgIpc) is 3.58. The van der Waals surface area contributed by atoms with E-state index in [4.69, 9.17) is 14.7 Å². The molecule has 0 spiro atoms. The van der Waals surface area contributed by atoms with Crippen LogP contribution < -0.4 is 16.0 Å². The first kappa shape index (κ1) is 27.7. The summed E-state index contributed by atoms with van der Waals surface area (Å²) in [6.45, 7) is 6.33. The molecule has 40 heavy (non-hydrogen) atoms. The van der Waals surface area contributed by atoms with E-state index in [1.165, 1.54) is 12.8 Å². The maximum Gasteiger partial charge on any atom is 0.407 e. The van der Waals surface area contributed by atoms with Gasteiger partial charge in [0.05, 0.1) is 11.9 Å². The summed E-state index contributed by atoms with van der Waals surface area (Å²) in [6, 6.07) is 7.08. The Kier molecular flexibility index (Phi) is 8.09. The lowest BCUT2D eigenvalue weighted by atomic mass is 9.86. The number of amides is 1. The Morgan fingerprint density at radius 1 is 1.02 bits per heavy atom. The number of hydrogen-bond acceptors (Lipinski definition) is 8. The van der Waals surface area contributed by atoms with Gasteiger partial charge in [0.25, 0.3) is 0 Å². The van der Waals surface area contributed by atoms with Crippen LogP contribution >= 0.6 is 0 Å². The van der Waals surface area contributed by atoms with Crippen LogP contribution in [0, 0.1) is 5.92 Å². The molecule has 2 aliphatic rings. The summed E-state index contributed by atoms with van der Waals surface area (Å²) in [5.41, 5.74) is 1.92. The maximum absolute atomic E-state index is 12.1. The molecular weight excluding hydrogens is 510 g/mol. The smallest absolute Gasteiger partial charge is 0.407 e. The molecule has 214 valence electrons. The summed E-state index contributed by atoms with van der Waals surface area (Å²) in [5, 5.41) is 19.0. The molecule has 0 aliphatic heterocycles. The second-order valence-corrected chi connectivity index (χ2v) is 11.9. The van der Waals surface area contributed by atoms with Crippen molar-refractivity contribution in [2.75, 3.05) is 17.2 Å². The lowest BCUT2D eigenvalue weighted by Crippen LogP contribution is -2.41. The Hall–Kier alpha value is -3.89. The zero-order valence-electron chi connectivity index (χ0n) is 23.4. The highest BCUT2D eigenvalue weighted by atomic mass is 16.6. The third-order valence-electron chi connectivity index (χ3n) is 7.65. The van der Waals surface area contributed by atoms with Gasteiger partial charge in [0, 0.05) is 24.3 Å². The van der Waals surface area contributed by atoms with Crippen LogP contribution in [0.1, 0.15) is 88.5 Å². The van der Waals surface area contributed by atoms with Gasteiger partial charge in [-0.15, -0.1) is 0 Å².